The first-order chi connectivity index (χ1) is 5.79. The lowest BCUT2D eigenvalue weighted by molar-refractivity contribution is 1.09. The maximum Gasteiger partial charge on any atom is 0.153 e. The quantitative estimate of drug-likeness (QED) is 0.706. The maximum absolute atomic E-state index is 5.47. The summed E-state index contributed by atoms with van der Waals surface area (Å²) in [4.78, 5) is 0. The third-order valence-corrected chi connectivity index (χ3v) is 1.27. The molecule has 1 aromatic rings. The topological polar surface area (TPSA) is 54.7 Å². The van der Waals surface area contributed by atoms with Crippen LogP contribution >= 0.6 is 0 Å². The Morgan fingerprint density at radius 2 is 1.92 bits per heavy atom. The fraction of sp³-hybridized carbons (Fsp3) is 0.222. The number of nitrogens with two attached hydrogens (primary N) is 1. The summed E-state index contributed by atoms with van der Waals surface area (Å²) in [5.74, 6) is 0.463. The van der Waals surface area contributed by atoms with Crippen LogP contribution in [0.3, 0.4) is 0 Å². The number of anilines is 1. The summed E-state index contributed by atoms with van der Waals surface area (Å²) in [6.07, 6.45) is 3.30. The van der Waals surface area contributed by atoms with Gasteiger partial charge in [0.15, 0.2) is 5.82 Å². The van der Waals surface area contributed by atoms with E-state index in [1.165, 1.54) is 0 Å². The van der Waals surface area contributed by atoms with Crippen LogP contribution in [-0.4, -0.2) is 10.2 Å². The summed E-state index contributed by atoms with van der Waals surface area (Å²) in [7, 11) is 0. The highest BCUT2D eigenvalue weighted by atomic mass is 15.2. The van der Waals surface area contributed by atoms with E-state index in [9.17, 15) is 0 Å². The Balaban J connectivity index is 0.000000561. The van der Waals surface area contributed by atoms with Crippen LogP contribution in [-0.2, 0) is 0 Å². The Morgan fingerprint density at radius 3 is 2.25 bits per heavy atom. The second-order valence-electron chi connectivity index (χ2n) is 1.84. The average molecular weight is 165 g/mol. The number of nitrogens with one attached hydrogen (secondary N) is 1. The molecular formula is C9H15N3. The van der Waals surface area contributed by atoms with Crippen LogP contribution in [0.5, 0.6) is 0 Å². The van der Waals surface area contributed by atoms with Crippen LogP contribution in [0.4, 0.5) is 5.82 Å². The molecule has 1 aromatic heterocycles. The molecule has 66 valence electrons. The molecule has 0 bridgehead atoms. The lowest BCUT2D eigenvalue weighted by Crippen LogP contribution is -1.85. The molecule has 0 unspecified atom stereocenters. The van der Waals surface area contributed by atoms with Gasteiger partial charge in [-0.25, -0.2) is 0 Å². The van der Waals surface area contributed by atoms with Crippen LogP contribution in [0, 0.1) is 0 Å². The van der Waals surface area contributed by atoms with E-state index < -0.39 is 0 Å². The van der Waals surface area contributed by atoms with Crippen molar-refractivity contribution in [2.45, 2.75) is 13.8 Å². The number of rotatable bonds is 2. The van der Waals surface area contributed by atoms with Gasteiger partial charge in [0.2, 0.25) is 0 Å². The highest BCUT2D eigenvalue weighted by molar-refractivity contribution is 5.68. The molecule has 1 rings (SSSR count). The fourth-order valence-electron chi connectivity index (χ4n) is 0.749. The first-order valence-corrected chi connectivity index (χ1v) is 3.88. The number of aromatic nitrogens is 2. The molecule has 0 fully saturated rings. The minimum absolute atomic E-state index is 0.463. The standard InChI is InChI=1S/C7H9N3.C2H6/c1-3-5-6(4-2)9-10-7(5)8;1-2/h3-4H,1-2H2,(H3,8,9,10);1-2H3. The Kier molecular flexibility index (Phi) is 4.53. The molecule has 0 aliphatic heterocycles. The van der Waals surface area contributed by atoms with Crippen LogP contribution < -0.4 is 5.73 Å². The Morgan fingerprint density at radius 1 is 1.33 bits per heavy atom. The summed E-state index contributed by atoms with van der Waals surface area (Å²) in [5, 5.41) is 6.48. The van der Waals surface area contributed by atoms with Gasteiger partial charge in [0, 0.05) is 5.56 Å². The van der Waals surface area contributed by atoms with E-state index in [0.717, 1.165) is 11.3 Å². The molecule has 3 N–H and O–H groups in total. The third-order valence-electron chi connectivity index (χ3n) is 1.27. The molecule has 3 heteroatoms. The number of nitrogens with zero attached hydrogens (tertiary/aromatic N) is 1. The van der Waals surface area contributed by atoms with Crippen molar-refractivity contribution in [2.24, 2.45) is 0 Å². The van der Waals surface area contributed by atoms with Crippen molar-refractivity contribution in [3.05, 3.63) is 24.4 Å². The van der Waals surface area contributed by atoms with Gasteiger partial charge in [-0.15, -0.1) is 0 Å². The molecule has 12 heavy (non-hydrogen) atoms. The lowest BCUT2D eigenvalue weighted by Gasteiger charge is -1.87. The van der Waals surface area contributed by atoms with E-state index in [2.05, 4.69) is 23.4 Å². The summed E-state index contributed by atoms with van der Waals surface area (Å²) < 4.78 is 0. The monoisotopic (exact) mass is 165 g/mol. The molecule has 0 saturated carbocycles. The van der Waals surface area contributed by atoms with Crippen molar-refractivity contribution >= 4 is 18.0 Å². The minimum atomic E-state index is 0.463. The molecule has 3 nitrogen and oxygen atoms in total. The number of aromatic amines is 1. The van der Waals surface area contributed by atoms with Crippen LogP contribution in [0.1, 0.15) is 25.1 Å². The van der Waals surface area contributed by atoms with Crippen molar-refractivity contribution < 1.29 is 0 Å². The van der Waals surface area contributed by atoms with E-state index >= 15 is 0 Å². The van der Waals surface area contributed by atoms with Crippen molar-refractivity contribution in [3.8, 4) is 0 Å². The highest BCUT2D eigenvalue weighted by Crippen LogP contribution is 2.14. The van der Waals surface area contributed by atoms with Gasteiger partial charge in [-0.3, -0.25) is 5.10 Å². The minimum Gasteiger partial charge on any atom is -0.382 e. The second-order valence-corrected chi connectivity index (χ2v) is 1.84. The number of hydrogen-bond acceptors (Lipinski definition) is 2. The average Bonchev–Trinajstić information content (AvgIpc) is 2.49. The molecule has 0 aliphatic carbocycles. The third kappa shape index (κ3) is 1.99. The Hall–Kier alpha value is -1.51. The molecule has 0 amide bonds. The van der Waals surface area contributed by atoms with Crippen molar-refractivity contribution in [3.63, 3.8) is 0 Å². The first-order valence-electron chi connectivity index (χ1n) is 3.88. The zero-order valence-corrected chi connectivity index (χ0v) is 7.59. The number of nitrogen functional groups attached to an aromatic ring is 1. The van der Waals surface area contributed by atoms with E-state index in [1.807, 2.05) is 13.8 Å². The summed E-state index contributed by atoms with van der Waals surface area (Å²) in [6.45, 7) is 11.2. The van der Waals surface area contributed by atoms with E-state index in [0.29, 0.717) is 5.82 Å². The number of hydrogen-bond donors (Lipinski definition) is 2. The van der Waals surface area contributed by atoms with Crippen molar-refractivity contribution in [2.75, 3.05) is 5.73 Å². The zero-order chi connectivity index (χ0) is 9.56. The van der Waals surface area contributed by atoms with Gasteiger partial charge in [0.1, 0.15) is 0 Å². The molecular weight excluding hydrogens is 150 g/mol. The molecule has 0 aliphatic rings. The predicted molar refractivity (Wildman–Crippen MR) is 54.5 cm³/mol. The maximum atomic E-state index is 5.47. The Labute approximate surface area is 73.0 Å². The van der Waals surface area contributed by atoms with Gasteiger partial charge in [0.25, 0.3) is 0 Å². The SMILES string of the molecule is C=Cc1[nH]nc(N)c1C=C.CC. The smallest absolute Gasteiger partial charge is 0.153 e. The van der Waals surface area contributed by atoms with Crippen molar-refractivity contribution in [1.29, 1.82) is 0 Å². The van der Waals surface area contributed by atoms with E-state index in [4.69, 9.17) is 5.73 Å². The largest absolute Gasteiger partial charge is 0.382 e. The molecule has 0 aromatic carbocycles. The van der Waals surface area contributed by atoms with Gasteiger partial charge in [-0.05, 0) is 6.08 Å². The van der Waals surface area contributed by atoms with Crippen LogP contribution in [0.2, 0.25) is 0 Å². The van der Waals surface area contributed by atoms with Gasteiger partial charge in [-0.2, -0.15) is 5.10 Å². The second kappa shape index (κ2) is 5.18. The normalized spacial score (nSPS) is 8.17. The molecule has 0 radical (unpaired) electrons. The van der Waals surface area contributed by atoms with Gasteiger partial charge in [-0.1, -0.05) is 33.1 Å². The van der Waals surface area contributed by atoms with Crippen molar-refractivity contribution in [1.82, 2.24) is 10.2 Å². The predicted octanol–water partition coefficient (Wildman–Crippen LogP) is 2.30. The summed E-state index contributed by atoms with van der Waals surface area (Å²) >= 11 is 0. The zero-order valence-electron chi connectivity index (χ0n) is 7.59. The first kappa shape index (κ1) is 10.5. The fourth-order valence-corrected chi connectivity index (χ4v) is 0.749. The van der Waals surface area contributed by atoms with Gasteiger partial charge >= 0.3 is 0 Å². The van der Waals surface area contributed by atoms with Crippen LogP contribution in [0.15, 0.2) is 13.2 Å². The van der Waals surface area contributed by atoms with Crippen LogP contribution in [0.25, 0.3) is 12.2 Å². The Bertz CT molecular complexity index is 261. The van der Waals surface area contributed by atoms with E-state index in [-0.39, 0.29) is 0 Å². The van der Waals surface area contributed by atoms with Gasteiger partial charge < -0.3 is 5.73 Å². The molecule has 1 heterocycles. The molecule has 0 atom stereocenters. The summed E-state index contributed by atoms with van der Waals surface area (Å²) in [5.41, 5.74) is 7.09. The highest BCUT2D eigenvalue weighted by Gasteiger charge is 2.01. The number of H-pyrrole nitrogens is 1. The molecule has 0 spiro atoms. The van der Waals surface area contributed by atoms with E-state index in [1.54, 1.807) is 12.2 Å². The summed E-state index contributed by atoms with van der Waals surface area (Å²) in [6, 6.07) is 0. The lowest BCUT2D eigenvalue weighted by atomic mass is 10.2. The molecule has 0 saturated heterocycles. The van der Waals surface area contributed by atoms with Gasteiger partial charge in [0.05, 0.1) is 5.69 Å².